The standard InChI is InChI=1S/C8H17NO6/c9-8(1-2-10)6(13)5(12)4(3-11)15-7(8)14/h4-7,10-14H,1-3,9H2/t4-,5-,6+,7?,8-/m1/s1. The van der Waals surface area contributed by atoms with Gasteiger partial charge in [0.15, 0.2) is 6.29 Å². The maximum Gasteiger partial charge on any atom is 0.176 e. The van der Waals surface area contributed by atoms with Crippen LogP contribution in [0.2, 0.25) is 0 Å². The molecule has 0 aliphatic carbocycles. The predicted octanol–water partition coefficient (Wildman–Crippen LogP) is -3.50. The average molecular weight is 223 g/mol. The lowest BCUT2D eigenvalue weighted by molar-refractivity contribution is -0.279. The van der Waals surface area contributed by atoms with Crippen LogP contribution in [0.3, 0.4) is 0 Å². The first-order chi connectivity index (χ1) is 6.97. The molecule has 1 aliphatic heterocycles. The summed E-state index contributed by atoms with van der Waals surface area (Å²) in [6.07, 6.45) is -5.60. The number of ether oxygens (including phenoxy) is 1. The quantitative estimate of drug-likeness (QED) is 0.292. The summed E-state index contributed by atoms with van der Waals surface area (Å²) in [5, 5.41) is 46.2. The van der Waals surface area contributed by atoms with Gasteiger partial charge in [-0.15, -0.1) is 0 Å². The summed E-state index contributed by atoms with van der Waals surface area (Å²) in [5.74, 6) is 0. The van der Waals surface area contributed by atoms with E-state index in [9.17, 15) is 15.3 Å². The highest BCUT2D eigenvalue weighted by molar-refractivity contribution is 5.03. The molecule has 0 aromatic heterocycles. The summed E-state index contributed by atoms with van der Waals surface area (Å²) in [6.45, 7) is -0.894. The van der Waals surface area contributed by atoms with Crippen LogP contribution in [0.1, 0.15) is 6.42 Å². The lowest BCUT2D eigenvalue weighted by atomic mass is 9.82. The van der Waals surface area contributed by atoms with E-state index in [1.54, 1.807) is 0 Å². The van der Waals surface area contributed by atoms with Crippen molar-refractivity contribution < 1.29 is 30.3 Å². The zero-order valence-corrected chi connectivity index (χ0v) is 8.15. The van der Waals surface area contributed by atoms with Gasteiger partial charge in [0.2, 0.25) is 0 Å². The molecule has 5 atom stereocenters. The number of aliphatic hydroxyl groups excluding tert-OH is 5. The van der Waals surface area contributed by atoms with Crippen molar-refractivity contribution in [1.29, 1.82) is 0 Å². The molecular weight excluding hydrogens is 206 g/mol. The van der Waals surface area contributed by atoms with Crippen molar-refractivity contribution in [2.75, 3.05) is 13.2 Å². The molecule has 0 aromatic rings. The third kappa shape index (κ3) is 2.13. The molecule has 1 heterocycles. The van der Waals surface area contributed by atoms with Gasteiger partial charge in [-0.25, -0.2) is 0 Å². The van der Waals surface area contributed by atoms with Crippen LogP contribution in [-0.2, 0) is 4.74 Å². The largest absolute Gasteiger partial charge is 0.396 e. The van der Waals surface area contributed by atoms with E-state index < -0.39 is 36.7 Å². The van der Waals surface area contributed by atoms with Gasteiger partial charge in [-0.2, -0.15) is 0 Å². The summed E-state index contributed by atoms with van der Waals surface area (Å²) < 4.78 is 4.85. The molecule has 0 radical (unpaired) electrons. The van der Waals surface area contributed by atoms with Gasteiger partial charge in [-0.3, -0.25) is 0 Å². The molecule has 1 fully saturated rings. The van der Waals surface area contributed by atoms with Crippen LogP contribution in [0, 0.1) is 0 Å². The fourth-order valence-electron chi connectivity index (χ4n) is 1.66. The average Bonchev–Trinajstić information content (AvgIpc) is 2.21. The minimum atomic E-state index is -1.63. The Bertz CT molecular complexity index is 215. The molecule has 1 unspecified atom stereocenters. The second-order valence-corrected chi connectivity index (χ2v) is 3.73. The highest BCUT2D eigenvalue weighted by atomic mass is 16.6. The number of hydrogen-bond acceptors (Lipinski definition) is 7. The first-order valence-electron chi connectivity index (χ1n) is 4.67. The molecule has 0 amide bonds. The lowest BCUT2D eigenvalue weighted by Crippen LogP contribution is -2.71. The fraction of sp³-hybridized carbons (Fsp3) is 1.00. The van der Waals surface area contributed by atoms with Crippen LogP contribution in [0.15, 0.2) is 0 Å². The Morgan fingerprint density at radius 1 is 1.20 bits per heavy atom. The van der Waals surface area contributed by atoms with Crippen molar-refractivity contribution in [2.45, 2.75) is 36.6 Å². The third-order valence-corrected chi connectivity index (χ3v) is 2.74. The fourth-order valence-corrected chi connectivity index (χ4v) is 1.66. The molecule has 1 saturated heterocycles. The zero-order valence-electron chi connectivity index (χ0n) is 8.15. The lowest BCUT2D eigenvalue weighted by Gasteiger charge is -2.46. The minimum Gasteiger partial charge on any atom is -0.396 e. The molecular formula is C8H17NO6. The third-order valence-electron chi connectivity index (χ3n) is 2.74. The predicted molar refractivity (Wildman–Crippen MR) is 48.6 cm³/mol. The van der Waals surface area contributed by atoms with E-state index in [2.05, 4.69) is 0 Å². The molecule has 1 rings (SSSR count). The van der Waals surface area contributed by atoms with Gasteiger partial charge in [-0.1, -0.05) is 0 Å². The van der Waals surface area contributed by atoms with E-state index in [0.717, 1.165) is 0 Å². The Hall–Kier alpha value is -0.280. The van der Waals surface area contributed by atoms with Crippen LogP contribution in [-0.4, -0.2) is 68.9 Å². The van der Waals surface area contributed by atoms with Gasteiger partial charge in [0.25, 0.3) is 0 Å². The highest BCUT2D eigenvalue weighted by Gasteiger charge is 2.52. The van der Waals surface area contributed by atoms with Crippen molar-refractivity contribution >= 4 is 0 Å². The second kappa shape index (κ2) is 4.71. The van der Waals surface area contributed by atoms with Crippen molar-refractivity contribution in [3.63, 3.8) is 0 Å². The first-order valence-corrected chi connectivity index (χ1v) is 4.67. The van der Waals surface area contributed by atoms with E-state index in [1.807, 2.05) is 0 Å². The van der Waals surface area contributed by atoms with Crippen molar-refractivity contribution in [3.05, 3.63) is 0 Å². The number of aliphatic hydroxyl groups is 5. The topological polar surface area (TPSA) is 136 Å². The monoisotopic (exact) mass is 223 g/mol. The summed E-state index contributed by atoms with van der Waals surface area (Å²) in [6, 6.07) is 0. The Morgan fingerprint density at radius 3 is 2.27 bits per heavy atom. The first kappa shape index (κ1) is 12.8. The normalized spacial score (nSPS) is 46.8. The van der Waals surface area contributed by atoms with Crippen LogP contribution in [0.5, 0.6) is 0 Å². The Balaban J connectivity index is 2.83. The Morgan fingerprint density at radius 2 is 1.80 bits per heavy atom. The van der Waals surface area contributed by atoms with Gasteiger partial charge < -0.3 is 36.0 Å². The van der Waals surface area contributed by atoms with Crippen LogP contribution < -0.4 is 5.73 Å². The van der Waals surface area contributed by atoms with E-state index in [4.69, 9.17) is 20.7 Å². The van der Waals surface area contributed by atoms with Gasteiger partial charge >= 0.3 is 0 Å². The molecule has 0 spiro atoms. The molecule has 90 valence electrons. The maximum atomic E-state index is 9.66. The molecule has 7 N–H and O–H groups in total. The summed E-state index contributed by atoms with van der Waals surface area (Å²) in [7, 11) is 0. The van der Waals surface area contributed by atoms with Crippen LogP contribution in [0.4, 0.5) is 0 Å². The molecule has 15 heavy (non-hydrogen) atoms. The number of nitrogens with two attached hydrogens (primary N) is 1. The Labute approximate surface area is 86.7 Å². The second-order valence-electron chi connectivity index (χ2n) is 3.73. The SMILES string of the molecule is N[C@@]1(CCO)C(O)O[C@H](CO)[C@@H](O)[C@@H]1O. The minimum absolute atomic E-state index is 0.120. The molecule has 0 aromatic carbocycles. The molecule has 7 nitrogen and oxygen atoms in total. The van der Waals surface area contributed by atoms with Crippen molar-refractivity contribution in [2.24, 2.45) is 5.73 Å². The van der Waals surface area contributed by atoms with Gasteiger partial charge in [0.1, 0.15) is 18.3 Å². The maximum absolute atomic E-state index is 9.66. The number of rotatable bonds is 3. The summed E-state index contributed by atoms with van der Waals surface area (Å²) in [4.78, 5) is 0. The van der Waals surface area contributed by atoms with E-state index in [1.165, 1.54) is 0 Å². The molecule has 0 saturated carbocycles. The molecule has 0 bridgehead atoms. The highest BCUT2D eigenvalue weighted by Crippen LogP contribution is 2.29. The van der Waals surface area contributed by atoms with Gasteiger partial charge in [0.05, 0.1) is 12.1 Å². The van der Waals surface area contributed by atoms with Gasteiger partial charge in [-0.05, 0) is 6.42 Å². The van der Waals surface area contributed by atoms with Crippen LogP contribution >= 0.6 is 0 Å². The van der Waals surface area contributed by atoms with Gasteiger partial charge in [0, 0.05) is 6.61 Å². The van der Waals surface area contributed by atoms with Crippen molar-refractivity contribution in [3.8, 4) is 0 Å². The van der Waals surface area contributed by atoms with Crippen molar-refractivity contribution in [1.82, 2.24) is 0 Å². The summed E-state index contributed by atoms with van der Waals surface area (Å²) >= 11 is 0. The smallest absolute Gasteiger partial charge is 0.176 e. The zero-order chi connectivity index (χ0) is 11.6. The van der Waals surface area contributed by atoms with E-state index >= 15 is 0 Å². The molecule has 7 heteroatoms. The van der Waals surface area contributed by atoms with E-state index in [-0.39, 0.29) is 13.0 Å². The summed E-state index contributed by atoms with van der Waals surface area (Å²) in [5.41, 5.74) is 4.01. The number of hydrogen-bond donors (Lipinski definition) is 6. The van der Waals surface area contributed by atoms with Crippen LogP contribution in [0.25, 0.3) is 0 Å². The molecule has 1 aliphatic rings. The van der Waals surface area contributed by atoms with E-state index in [0.29, 0.717) is 0 Å². The Kier molecular flexibility index (Phi) is 4.01.